The molecule has 0 aliphatic carbocycles. The topological polar surface area (TPSA) is 54.5 Å². The zero-order valence-electron chi connectivity index (χ0n) is 14.9. The SMILES string of the molecule is CCN1CCCn2nc([C@H]3CCCN(Cc4ccoc4)C3)cc2C1=O. The van der Waals surface area contributed by atoms with Gasteiger partial charge in [0.25, 0.3) is 5.91 Å². The van der Waals surface area contributed by atoms with Crippen molar-refractivity contribution in [2.75, 3.05) is 26.2 Å². The fraction of sp³-hybridized carbons (Fsp3) is 0.579. The number of furan rings is 1. The van der Waals surface area contributed by atoms with Crippen LogP contribution in [0.25, 0.3) is 0 Å². The van der Waals surface area contributed by atoms with Gasteiger partial charge in [-0.05, 0) is 44.9 Å². The average molecular weight is 342 g/mol. The Kier molecular flexibility index (Phi) is 4.61. The van der Waals surface area contributed by atoms with Crippen LogP contribution in [-0.2, 0) is 13.1 Å². The first-order chi connectivity index (χ1) is 12.2. The zero-order chi connectivity index (χ0) is 17.2. The number of aryl methyl sites for hydroxylation is 1. The van der Waals surface area contributed by atoms with Gasteiger partial charge in [-0.1, -0.05) is 0 Å². The minimum absolute atomic E-state index is 0.129. The Morgan fingerprint density at radius 2 is 2.20 bits per heavy atom. The fourth-order valence-corrected chi connectivity index (χ4v) is 4.04. The average Bonchev–Trinajstić information content (AvgIpc) is 3.26. The first-order valence-electron chi connectivity index (χ1n) is 9.35. The molecule has 1 amide bonds. The summed E-state index contributed by atoms with van der Waals surface area (Å²) in [4.78, 5) is 17.1. The van der Waals surface area contributed by atoms with Crippen LogP contribution in [0, 0.1) is 0 Å². The molecule has 6 nitrogen and oxygen atoms in total. The van der Waals surface area contributed by atoms with E-state index in [4.69, 9.17) is 9.52 Å². The summed E-state index contributed by atoms with van der Waals surface area (Å²) < 4.78 is 7.12. The Morgan fingerprint density at radius 1 is 1.28 bits per heavy atom. The van der Waals surface area contributed by atoms with E-state index < -0.39 is 0 Å². The number of hydrogen-bond donors (Lipinski definition) is 0. The zero-order valence-corrected chi connectivity index (χ0v) is 14.9. The van der Waals surface area contributed by atoms with Gasteiger partial charge >= 0.3 is 0 Å². The summed E-state index contributed by atoms with van der Waals surface area (Å²) in [7, 11) is 0. The van der Waals surface area contributed by atoms with Gasteiger partial charge in [-0.2, -0.15) is 5.10 Å². The number of fused-ring (bicyclic) bond motifs is 1. The molecule has 4 rings (SSSR count). The van der Waals surface area contributed by atoms with Gasteiger partial charge in [0.05, 0.1) is 18.2 Å². The number of likely N-dealkylation sites (tertiary alicyclic amines) is 1. The molecule has 2 aliphatic rings. The van der Waals surface area contributed by atoms with Crippen LogP contribution in [0.1, 0.15) is 53.8 Å². The maximum atomic E-state index is 12.7. The third-order valence-corrected chi connectivity index (χ3v) is 5.39. The van der Waals surface area contributed by atoms with Gasteiger partial charge in [0, 0.05) is 44.2 Å². The Morgan fingerprint density at radius 3 is 3.00 bits per heavy atom. The number of nitrogens with zero attached hydrogens (tertiary/aromatic N) is 4. The number of amides is 1. The molecule has 0 saturated carbocycles. The highest BCUT2D eigenvalue weighted by Gasteiger charge is 2.28. The minimum Gasteiger partial charge on any atom is -0.472 e. The lowest BCUT2D eigenvalue weighted by molar-refractivity contribution is 0.0766. The number of rotatable bonds is 4. The van der Waals surface area contributed by atoms with Crippen LogP contribution < -0.4 is 0 Å². The van der Waals surface area contributed by atoms with Gasteiger partial charge in [-0.25, -0.2) is 0 Å². The summed E-state index contributed by atoms with van der Waals surface area (Å²) in [6.45, 7) is 7.49. The molecule has 1 fully saturated rings. The summed E-state index contributed by atoms with van der Waals surface area (Å²) >= 11 is 0. The van der Waals surface area contributed by atoms with Crippen molar-refractivity contribution in [2.24, 2.45) is 0 Å². The molecule has 0 radical (unpaired) electrons. The van der Waals surface area contributed by atoms with E-state index in [9.17, 15) is 4.79 Å². The second-order valence-corrected chi connectivity index (χ2v) is 7.12. The number of carbonyl (C=O) groups is 1. The first-order valence-corrected chi connectivity index (χ1v) is 9.35. The molecule has 0 spiro atoms. The molecule has 2 aromatic heterocycles. The van der Waals surface area contributed by atoms with E-state index in [0.29, 0.717) is 5.92 Å². The molecule has 1 saturated heterocycles. The van der Waals surface area contributed by atoms with Crippen molar-refractivity contribution >= 4 is 5.91 Å². The highest BCUT2D eigenvalue weighted by Crippen LogP contribution is 2.28. The summed E-state index contributed by atoms with van der Waals surface area (Å²) in [5.41, 5.74) is 3.06. The molecular weight excluding hydrogens is 316 g/mol. The predicted molar refractivity (Wildman–Crippen MR) is 94.4 cm³/mol. The quantitative estimate of drug-likeness (QED) is 0.857. The minimum atomic E-state index is 0.129. The van der Waals surface area contributed by atoms with E-state index in [1.54, 1.807) is 6.26 Å². The number of piperidine rings is 1. The lowest BCUT2D eigenvalue weighted by atomic mass is 9.94. The Labute approximate surface area is 148 Å². The van der Waals surface area contributed by atoms with Crippen LogP contribution in [0.3, 0.4) is 0 Å². The van der Waals surface area contributed by atoms with Crippen molar-refractivity contribution in [3.05, 3.63) is 41.6 Å². The second-order valence-electron chi connectivity index (χ2n) is 7.12. The highest BCUT2D eigenvalue weighted by molar-refractivity contribution is 5.93. The summed E-state index contributed by atoms with van der Waals surface area (Å²) in [6.07, 6.45) is 6.84. The van der Waals surface area contributed by atoms with Crippen molar-refractivity contribution in [2.45, 2.75) is 45.2 Å². The van der Waals surface area contributed by atoms with Gasteiger partial charge in [-0.3, -0.25) is 14.4 Å². The van der Waals surface area contributed by atoms with E-state index in [2.05, 4.69) is 4.90 Å². The number of carbonyl (C=O) groups excluding carboxylic acids is 1. The maximum absolute atomic E-state index is 12.7. The van der Waals surface area contributed by atoms with Gasteiger partial charge in [0.1, 0.15) is 5.69 Å². The van der Waals surface area contributed by atoms with Gasteiger partial charge in [-0.15, -0.1) is 0 Å². The molecule has 4 heterocycles. The summed E-state index contributed by atoms with van der Waals surface area (Å²) in [5, 5.41) is 4.81. The van der Waals surface area contributed by atoms with E-state index in [1.165, 1.54) is 12.0 Å². The third-order valence-electron chi connectivity index (χ3n) is 5.39. The highest BCUT2D eigenvalue weighted by atomic mass is 16.3. The Hall–Kier alpha value is -2.08. The van der Waals surface area contributed by atoms with Crippen molar-refractivity contribution < 1.29 is 9.21 Å². The van der Waals surface area contributed by atoms with Crippen molar-refractivity contribution in [1.29, 1.82) is 0 Å². The smallest absolute Gasteiger partial charge is 0.272 e. The fourth-order valence-electron chi connectivity index (χ4n) is 4.04. The molecule has 2 aromatic rings. The van der Waals surface area contributed by atoms with Gasteiger partial charge in [0.15, 0.2) is 0 Å². The predicted octanol–water partition coefficient (Wildman–Crippen LogP) is 2.72. The molecular formula is C19H26N4O2. The summed E-state index contributed by atoms with van der Waals surface area (Å²) in [5.74, 6) is 0.535. The van der Waals surface area contributed by atoms with Crippen LogP contribution in [0.15, 0.2) is 29.1 Å². The summed E-state index contributed by atoms with van der Waals surface area (Å²) in [6, 6.07) is 4.07. The molecule has 0 N–H and O–H groups in total. The monoisotopic (exact) mass is 342 g/mol. The van der Waals surface area contributed by atoms with E-state index in [-0.39, 0.29) is 5.91 Å². The van der Waals surface area contributed by atoms with E-state index in [1.807, 2.05) is 34.9 Å². The molecule has 0 unspecified atom stereocenters. The normalized spacial score (nSPS) is 22.0. The van der Waals surface area contributed by atoms with Crippen molar-refractivity contribution in [3.8, 4) is 0 Å². The molecule has 1 atom stereocenters. The molecule has 0 aromatic carbocycles. The standard InChI is InChI=1S/C19H26N4O2/c1-2-22-8-4-9-23-18(19(22)24)11-17(20-23)16-5-3-7-21(13-16)12-15-6-10-25-14-15/h6,10-11,14,16H,2-5,7-9,12-13H2,1H3/t16-/m0/s1. The number of aromatic nitrogens is 2. The van der Waals surface area contributed by atoms with Crippen LogP contribution in [-0.4, -0.2) is 51.7 Å². The molecule has 2 aliphatic heterocycles. The van der Waals surface area contributed by atoms with Crippen molar-refractivity contribution in [3.63, 3.8) is 0 Å². The van der Waals surface area contributed by atoms with Gasteiger partial charge < -0.3 is 9.32 Å². The third kappa shape index (κ3) is 3.35. The Balaban J connectivity index is 1.50. The Bertz CT molecular complexity index is 722. The molecule has 25 heavy (non-hydrogen) atoms. The number of hydrogen-bond acceptors (Lipinski definition) is 4. The molecule has 6 heteroatoms. The van der Waals surface area contributed by atoms with E-state index >= 15 is 0 Å². The second kappa shape index (κ2) is 7.04. The first kappa shape index (κ1) is 16.4. The molecule has 0 bridgehead atoms. The maximum Gasteiger partial charge on any atom is 0.272 e. The van der Waals surface area contributed by atoms with Crippen LogP contribution in [0.4, 0.5) is 0 Å². The molecule has 134 valence electrons. The largest absolute Gasteiger partial charge is 0.472 e. The lowest BCUT2D eigenvalue weighted by Gasteiger charge is -2.31. The van der Waals surface area contributed by atoms with E-state index in [0.717, 1.165) is 63.5 Å². The van der Waals surface area contributed by atoms with Crippen LogP contribution >= 0.6 is 0 Å². The van der Waals surface area contributed by atoms with Crippen molar-refractivity contribution in [1.82, 2.24) is 19.6 Å². The van der Waals surface area contributed by atoms with Crippen LogP contribution in [0.5, 0.6) is 0 Å². The lowest BCUT2D eigenvalue weighted by Crippen LogP contribution is -2.34. The van der Waals surface area contributed by atoms with Crippen LogP contribution in [0.2, 0.25) is 0 Å². The van der Waals surface area contributed by atoms with Gasteiger partial charge in [0.2, 0.25) is 0 Å².